The molecule has 0 saturated carbocycles. The average molecular weight is 404 g/mol. The minimum absolute atomic E-state index is 0.156. The first-order chi connectivity index (χ1) is 14.1. The molecule has 2 heterocycles. The molecule has 0 amide bonds. The SMILES string of the molecule is O=S(=O)(NCc1cccnc1)c1cn(Cc2ccccc2)nc1-c1ccccc1. The summed E-state index contributed by atoms with van der Waals surface area (Å²) in [5.41, 5.74) is 3.01. The first-order valence-electron chi connectivity index (χ1n) is 9.17. The molecule has 1 N–H and O–H groups in total. The molecule has 0 fully saturated rings. The number of hydrogen-bond donors (Lipinski definition) is 1. The molecule has 0 radical (unpaired) electrons. The van der Waals surface area contributed by atoms with E-state index in [1.165, 1.54) is 0 Å². The van der Waals surface area contributed by atoms with E-state index >= 15 is 0 Å². The summed E-state index contributed by atoms with van der Waals surface area (Å²) in [5.74, 6) is 0. The van der Waals surface area contributed by atoms with Gasteiger partial charge in [0.15, 0.2) is 0 Å². The van der Waals surface area contributed by atoms with E-state index in [1.54, 1.807) is 29.3 Å². The highest BCUT2D eigenvalue weighted by Gasteiger charge is 2.23. The van der Waals surface area contributed by atoms with Crippen molar-refractivity contribution in [3.63, 3.8) is 0 Å². The zero-order valence-electron chi connectivity index (χ0n) is 15.6. The van der Waals surface area contributed by atoms with Crippen molar-refractivity contribution in [1.82, 2.24) is 19.5 Å². The maximum absolute atomic E-state index is 13.1. The van der Waals surface area contributed by atoms with Gasteiger partial charge >= 0.3 is 0 Å². The van der Waals surface area contributed by atoms with Gasteiger partial charge in [0, 0.05) is 30.7 Å². The fourth-order valence-corrected chi connectivity index (χ4v) is 4.19. The van der Waals surface area contributed by atoms with Crippen LogP contribution < -0.4 is 4.72 Å². The minimum Gasteiger partial charge on any atom is -0.266 e. The standard InChI is InChI=1S/C22H20N4O2S/c27-29(28,24-15-19-10-7-13-23-14-19)21-17-26(16-18-8-3-1-4-9-18)25-22(21)20-11-5-2-6-12-20/h1-14,17,24H,15-16H2. The summed E-state index contributed by atoms with van der Waals surface area (Å²) in [4.78, 5) is 4.18. The molecule has 2 aromatic carbocycles. The molecule has 7 heteroatoms. The zero-order valence-corrected chi connectivity index (χ0v) is 16.5. The second kappa shape index (κ2) is 8.38. The number of rotatable bonds is 7. The van der Waals surface area contributed by atoms with Gasteiger partial charge in [0.2, 0.25) is 10.0 Å². The topological polar surface area (TPSA) is 76.9 Å². The molecule has 0 aliphatic carbocycles. The van der Waals surface area contributed by atoms with E-state index in [4.69, 9.17) is 0 Å². The summed E-state index contributed by atoms with van der Waals surface area (Å²) in [6, 6.07) is 22.7. The average Bonchev–Trinajstić information content (AvgIpc) is 3.19. The summed E-state index contributed by atoms with van der Waals surface area (Å²) in [6.45, 7) is 0.646. The third kappa shape index (κ3) is 4.59. The first-order valence-corrected chi connectivity index (χ1v) is 10.7. The molecular formula is C22H20N4O2S. The van der Waals surface area contributed by atoms with E-state index in [-0.39, 0.29) is 11.4 Å². The van der Waals surface area contributed by atoms with E-state index < -0.39 is 10.0 Å². The van der Waals surface area contributed by atoms with Crippen LogP contribution in [0.2, 0.25) is 0 Å². The number of hydrogen-bond acceptors (Lipinski definition) is 4. The molecule has 0 aliphatic rings. The van der Waals surface area contributed by atoms with E-state index in [0.717, 1.165) is 16.7 Å². The summed E-state index contributed by atoms with van der Waals surface area (Å²) in [6.07, 6.45) is 4.87. The van der Waals surface area contributed by atoms with Gasteiger partial charge < -0.3 is 0 Å². The van der Waals surface area contributed by atoms with E-state index in [9.17, 15) is 8.42 Å². The molecule has 0 aliphatic heterocycles. The number of sulfonamides is 1. The number of nitrogens with zero attached hydrogens (tertiary/aromatic N) is 3. The Bertz CT molecular complexity index is 1180. The minimum atomic E-state index is -3.77. The number of aromatic nitrogens is 3. The number of pyridine rings is 1. The van der Waals surface area contributed by atoms with Gasteiger partial charge in [-0.3, -0.25) is 9.67 Å². The first kappa shape index (κ1) is 19.0. The van der Waals surface area contributed by atoms with Gasteiger partial charge in [-0.15, -0.1) is 0 Å². The van der Waals surface area contributed by atoms with Crippen LogP contribution in [0, 0.1) is 0 Å². The van der Waals surface area contributed by atoms with Gasteiger partial charge in [0.1, 0.15) is 10.6 Å². The van der Waals surface area contributed by atoms with E-state index in [2.05, 4.69) is 14.8 Å². The van der Waals surface area contributed by atoms with Crippen molar-refractivity contribution in [1.29, 1.82) is 0 Å². The smallest absolute Gasteiger partial charge is 0.244 e. The Kier molecular flexibility index (Phi) is 5.50. The highest BCUT2D eigenvalue weighted by Crippen LogP contribution is 2.26. The maximum Gasteiger partial charge on any atom is 0.244 e. The molecule has 0 unspecified atom stereocenters. The molecule has 4 aromatic rings. The Hall–Kier alpha value is -3.29. The molecule has 146 valence electrons. The lowest BCUT2D eigenvalue weighted by Gasteiger charge is -2.07. The van der Waals surface area contributed by atoms with Crippen LogP contribution in [0.4, 0.5) is 0 Å². The number of benzene rings is 2. The van der Waals surface area contributed by atoms with Crippen molar-refractivity contribution >= 4 is 10.0 Å². The van der Waals surface area contributed by atoms with Crippen LogP contribution in [0.3, 0.4) is 0 Å². The van der Waals surface area contributed by atoms with Crippen LogP contribution in [-0.2, 0) is 23.1 Å². The highest BCUT2D eigenvalue weighted by atomic mass is 32.2. The normalized spacial score (nSPS) is 11.4. The summed E-state index contributed by atoms with van der Waals surface area (Å²) >= 11 is 0. The van der Waals surface area contributed by atoms with Crippen LogP contribution in [0.15, 0.2) is 96.3 Å². The Morgan fingerprint density at radius 3 is 2.24 bits per heavy atom. The van der Waals surface area contributed by atoms with Crippen LogP contribution in [0.25, 0.3) is 11.3 Å². The van der Waals surface area contributed by atoms with E-state index in [1.807, 2.05) is 66.7 Å². The lowest BCUT2D eigenvalue weighted by Crippen LogP contribution is -2.23. The van der Waals surface area contributed by atoms with Crippen molar-refractivity contribution in [3.05, 3.63) is 103 Å². The maximum atomic E-state index is 13.1. The van der Waals surface area contributed by atoms with Gasteiger partial charge in [-0.05, 0) is 17.2 Å². The molecule has 0 bridgehead atoms. The third-order valence-corrected chi connectivity index (χ3v) is 5.84. The van der Waals surface area contributed by atoms with Crippen LogP contribution >= 0.6 is 0 Å². The Morgan fingerprint density at radius 2 is 1.55 bits per heavy atom. The summed E-state index contributed by atoms with van der Waals surface area (Å²) in [7, 11) is -3.77. The summed E-state index contributed by atoms with van der Waals surface area (Å²) < 4.78 is 30.5. The second-order valence-corrected chi connectivity index (χ2v) is 8.31. The molecule has 0 spiro atoms. The fraction of sp³-hybridized carbons (Fsp3) is 0.0909. The lowest BCUT2D eigenvalue weighted by atomic mass is 10.2. The molecule has 2 aromatic heterocycles. The highest BCUT2D eigenvalue weighted by molar-refractivity contribution is 7.89. The van der Waals surface area contributed by atoms with Crippen LogP contribution in [0.5, 0.6) is 0 Å². The van der Waals surface area contributed by atoms with Crippen LogP contribution in [0.1, 0.15) is 11.1 Å². The Morgan fingerprint density at radius 1 is 0.862 bits per heavy atom. The van der Waals surface area contributed by atoms with Gasteiger partial charge in [-0.1, -0.05) is 66.7 Å². The predicted molar refractivity (Wildman–Crippen MR) is 111 cm³/mol. The van der Waals surface area contributed by atoms with Gasteiger partial charge in [-0.25, -0.2) is 13.1 Å². The molecule has 4 rings (SSSR count). The quantitative estimate of drug-likeness (QED) is 0.512. The second-order valence-electron chi connectivity index (χ2n) is 6.58. The van der Waals surface area contributed by atoms with Gasteiger partial charge in [0.05, 0.1) is 6.54 Å². The molecule has 6 nitrogen and oxygen atoms in total. The van der Waals surface area contributed by atoms with Gasteiger partial charge in [0.25, 0.3) is 0 Å². The molecule has 29 heavy (non-hydrogen) atoms. The predicted octanol–water partition coefficient (Wildman–Crippen LogP) is 3.47. The largest absolute Gasteiger partial charge is 0.266 e. The summed E-state index contributed by atoms with van der Waals surface area (Å²) in [5, 5.41) is 4.58. The zero-order chi connectivity index (χ0) is 20.1. The van der Waals surface area contributed by atoms with E-state index in [0.29, 0.717) is 12.2 Å². The van der Waals surface area contributed by atoms with Gasteiger partial charge in [-0.2, -0.15) is 5.10 Å². The van der Waals surface area contributed by atoms with Crippen molar-refractivity contribution in [2.75, 3.05) is 0 Å². The van der Waals surface area contributed by atoms with Crippen molar-refractivity contribution in [3.8, 4) is 11.3 Å². The monoisotopic (exact) mass is 404 g/mol. The molecule has 0 saturated heterocycles. The lowest BCUT2D eigenvalue weighted by molar-refractivity contribution is 0.581. The van der Waals surface area contributed by atoms with Crippen molar-refractivity contribution < 1.29 is 8.42 Å². The molecule has 0 atom stereocenters. The van der Waals surface area contributed by atoms with Crippen molar-refractivity contribution in [2.45, 2.75) is 18.0 Å². The van der Waals surface area contributed by atoms with Crippen LogP contribution in [-0.4, -0.2) is 23.2 Å². The Balaban J connectivity index is 1.68. The number of nitrogens with one attached hydrogen (secondary N) is 1. The molecular weight excluding hydrogens is 384 g/mol. The Labute approximate surface area is 169 Å². The third-order valence-electron chi connectivity index (χ3n) is 4.44. The van der Waals surface area contributed by atoms with Crippen molar-refractivity contribution in [2.24, 2.45) is 0 Å². The fourth-order valence-electron chi connectivity index (χ4n) is 3.01.